The minimum atomic E-state index is -0.890. The lowest BCUT2D eigenvalue weighted by Gasteiger charge is -2.26. The lowest BCUT2D eigenvalue weighted by molar-refractivity contribution is -0.132. The number of aliphatic hydroxyl groups is 1. The molecule has 1 aliphatic rings. The summed E-state index contributed by atoms with van der Waals surface area (Å²) in [4.78, 5) is 27.8. The molecule has 1 N–H and O–H groups in total. The summed E-state index contributed by atoms with van der Waals surface area (Å²) in [6.07, 6.45) is 0. The van der Waals surface area contributed by atoms with Crippen LogP contribution in [0.15, 0.2) is 78.4 Å². The second kappa shape index (κ2) is 9.79. The van der Waals surface area contributed by atoms with Gasteiger partial charge >= 0.3 is 0 Å². The molecule has 7 heteroatoms. The Hall–Kier alpha value is -4.13. The molecule has 1 unspecified atom stereocenters. The Morgan fingerprint density at radius 1 is 0.912 bits per heavy atom. The molecule has 1 aliphatic heterocycles. The molecule has 1 amide bonds. The van der Waals surface area contributed by atoms with Crippen LogP contribution in [0.4, 0.5) is 10.1 Å². The van der Waals surface area contributed by atoms with Gasteiger partial charge in [-0.15, -0.1) is 0 Å². The number of ketones is 1. The van der Waals surface area contributed by atoms with E-state index >= 15 is 0 Å². The number of nitrogens with zero attached hydrogens (tertiary/aromatic N) is 1. The van der Waals surface area contributed by atoms with Crippen molar-refractivity contribution >= 4 is 23.1 Å². The molecular weight excluding hydrogens is 437 g/mol. The predicted octanol–water partition coefficient (Wildman–Crippen LogP) is 5.25. The molecule has 3 aromatic carbocycles. The quantitative estimate of drug-likeness (QED) is 0.296. The van der Waals surface area contributed by atoms with Gasteiger partial charge in [0.2, 0.25) is 0 Å². The van der Waals surface area contributed by atoms with Gasteiger partial charge in [0.25, 0.3) is 11.7 Å². The van der Waals surface area contributed by atoms with E-state index in [0.717, 1.165) is 0 Å². The third kappa shape index (κ3) is 4.24. The molecule has 1 fully saturated rings. The fourth-order valence-electron chi connectivity index (χ4n) is 4.00. The van der Waals surface area contributed by atoms with Gasteiger partial charge in [0.15, 0.2) is 11.5 Å². The number of carbonyl (C=O) groups is 2. The molecule has 0 aliphatic carbocycles. The van der Waals surface area contributed by atoms with Crippen molar-refractivity contribution in [2.75, 3.05) is 18.1 Å². The van der Waals surface area contributed by atoms with E-state index < -0.39 is 23.5 Å². The van der Waals surface area contributed by atoms with Crippen LogP contribution in [0.1, 0.15) is 31.0 Å². The number of hydrogen-bond donors (Lipinski definition) is 1. The maximum absolute atomic E-state index is 13.4. The van der Waals surface area contributed by atoms with Crippen LogP contribution < -0.4 is 14.4 Å². The van der Waals surface area contributed by atoms with Crippen LogP contribution in [-0.4, -0.2) is 30.0 Å². The highest BCUT2D eigenvalue weighted by Gasteiger charge is 2.47. The Kier molecular flexibility index (Phi) is 6.63. The van der Waals surface area contributed by atoms with Crippen molar-refractivity contribution in [2.24, 2.45) is 0 Å². The summed E-state index contributed by atoms with van der Waals surface area (Å²) in [6, 6.07) is 18.2. The van der Waals surface area contributed by atoms with Crippen molar-refractivity contribution < 1.29 is 28.6 Å². The van der Waals surface area contributed by atoms with Gasteiger partial charge in [0.1, 0.15) is 11.6 Å². The summed E-state index contributed by atoms with van der Waals surface area (Å²) in [5.41, 5.74) is 1.22. The fourth-order valence-corrected chi connectivity index (χ4v) is 4.00. The number of Topliss-reactive ketones (excluding diaryl/α,β-unsaturated/α-hetero) is 1. The van der Waals surface area contributed by atoms with E-state index in [9.17, 15) is 19.1 Å². The van der Waals surface area contributed by atoms with Gasteiger partial charge in [-0.2, -0.15) is 0 Å². The van der Waals surface area contributed by atoms with Crippen LogP contribution in [0.25, 0.3) is 5.76 Å². The first-order valence-electron chi connectivity index (χ1n) is 11.0. The van der Waals surface area contributed by atoms with Crippen molar-refractivity contribution in [3.8, 4) is 11.5 Å². The number of aliphatic hydroxyl groups excluding tert-OH is 1. The molecule has 6 nitrogen and oxygen atoms in total. The fraction of sp³-hybridized carbons (Fsp3) is 0.185. The first-order valence-corrected chi connectivity index (χ1v) is 11.0. The molecule has 4 rings (SSSR count). The Balaban J connectivity index is 1.90. The first-order chi connectivity index (χ1) is 16.5. The third-order valence-electron chi connectivity index (χ3n) is 5.48. The molecule has 0 saturated carbocycles. The lowest BCUT2D eigenvalue weighted by Crippen LogP contribution is -2.29. The SMILES string of the molecule is CCOc1ccc(N2C(=O)C(=O)/C(=C(/O)c3ccc(F)cc3)C2c2ccccc2)cc1OCC. The maximum atomic E-state index is 13.4. The van der Waals surface area contributed by atoms with Gasteiger partial charge in [-0.25, -0.2) is 4.39 Å². The lowest BCUT2D eigenvalue weighted by atomic mass is 9.95. The smallest absolute Gasteiger partial charge is 0.300 e. The van der Waals surface area contributed by atoms with Gasteiger partial charge in [-0.1, -0.05) is 30.3 Å². The molecule has 1 saturated heterocycles. The average Bonchev–Trinajstić information content (AvgIpc) is 3.11. The zero-order valence-corrected chi connectivity index (χ0v) is 18.8. The molecule has 1 atom stereocenters. The summed E-state index contributed by atoms with van der Waals surface area (Å²) >= 11 is 0. The van der Waals surface area contributed by atoms with Gasteiger partial charge < -0.3 is 14.6 Å². The normalized spacial score (nSPS) is 17.1. The molecule has 0 bridgehead atoms. The van der Waals surface area contributed by atoms with Gasteiger partial charge in [0.05, 0.1) is 24.8 Å². The van der Waals surface area contributed by atoms with Gasteiger partial charge in [-0.05, 0) is 55.8 Å². The number of halogens is 1. The van der Waals surface area contributed by atoms with Crippen LogP contribution in [-0.2, 0) is 9.59 Å². The molecule has 34 heavy (non-hydrogen) atoms. The zero-order chi connectivity index (χ0) is 24.2. The highest BCUT2D eigenvalue weighted by molar-refractivity contribution is 6.51. The monoisotopic (exact) mass is 461 g/mol. The number of carbonyl (C=O) groups excluding carboxylic acids is 2. The molecular formula is C27H24FNO5. The standard InChI is InChI=1S/C27H24FNO5/c1-3-33-21-15-14-20(16-22(21)34-4-2)29-24(17-8-6-5-7-9-17)23(26(31)27(29)32)25(30)18-10-12-19(28)13-11-18/h5-16,24,30H,3-4H2,1-2H3/b25-23+. The largest absolute Gasteiger partial charge is 0.507 e. The van der Waals surface area contributed by atoms with Crippen molar-refractivity contribution in [3.63, 3.8) is 0 Å². The maximum Gasteiger partial charge on any atom is 0.300 e. The number of anilines is 1. The molecule has 3 aromatic rings. The number of hydrogen-bond acceptors (Lipinski definition) is 5. The van der Waals surface area contributed by atoms with E-state index in [0.29, 0.717) is 36.0 Å². The summed E-state index contributed by atoms with van der Waals surface area (Å²) in [5.74, 6) is -1.51. The Morgan fingerprint density at radius 2 is 1.56 bits per heavy atom. The number of ether oxygens (including phenoxy) is 2. The van der Waals surface area contributed by atoms with Gasteiger partial charge in [0, 0.05) is 17.3 Å². The van der Waals surface area contributed by atoms with E-state index in [4.69, 9.17) is 9.47 Å². The Labute approximate surface area is 196 Å². The first kappa shape index (κ1) is 23.0. The van der Waals surface area contributed by atoms with E-state index in [1.54, 1.807) is 42.5 Å². The summed E-state index contributed by atoms with van der Waals surface area (Å²) < 4.78 is 24.8. The minimum absolute atomic E-state index is 0.0744. The third-order valence-corrected chi connectivity index (χ3v) is 5.48. The van der Waals surface area contributed by atoms with Crippen LogP contribution >= 0.6 is 0 Å². The predicted molar refractivity (Wildman–Crippen MR) is 126 cm³/mol. The van der Waals surface area contributed by atoms with Gasteiger partial charge in [-0.3, -0.25) is 14.5 Å². The zero-order valence-electron chi connectivity index (χ0n) is 18.8. The topological polar surface area (TPSA) is 76.1 Å². The Morgan fingerprint density at radius 3 is 2.21 bits per heavy atom. The second-order valence-electron chi connectivity index (χ2n) is 7.58. The van der Waals surface area contributed by atoms with Crippen molar-refractivity contribution in [2.45, 2.75) is 19.9 Å². The van der Waals surface area contributed by atoms with Crippen LogP contribution in [0.3, 0.4) is 0 Å². The highest BCUT2D eigenvalue weighted by atomic mass is 19.1. The van der Waals surface area contributed by atoms with E-state index in [1.165, 1.54) is 29.2 Å². The molecule has 0 spiro atoms. The van der Waals surface area contributed by atoms with Crippen molar-refractivity contribution in [3.05, 3.63) is 95.3 Å². The van der Waals surface area contributed by atoms with Crippen molar-refractivity contribution in [1.82, 2.24) is 0 Å². The number of benzene rings is 3. The van der Waals surface area contributed by atoms with Crippen LogP contribution in [0.2, 0.25) is 0 Å². The minimum Gasteiger partial charge on any atom is -0.507 e. The highest BCUT2D eigenvalue weighted by Crippen LogP contribution is 2.44. The average molecular weight is 461 g/mol. The number of rotatable bonds is 7. The second-order valence-corrected chi connectivity index (χ2v) is 7.58. The van der Waals surface area contributed by atoms with E-state index in [-0.39, 0.29) is 16.9 Å². The number of amides is 1. The molecule has 1 heterocycles. The summed E-state index contributed by atoms with van der Waals surface area (Å²) in [5, 5.41) is 11.1. The molecule has 174 valence electrons. The van der Waals surface area contributed by atoms with Crippen molar-refractivity contribution in [1.29, 1.82) is 0 Å². The molecule has 0 radical (unpaired) electrons. The summed E-state index contributed by atoms with van der Waals surface area (Å²) in [7, 11) is 0. The summed E-state index contributed by atoms with van der Waals surface area (Å²) in [6.45, 7) is 4.51. The van der Waals surface area contributed by atoms with E-state index in [1.807, 2.05) is 19.9 Å². The Bertz CT molecular complexity index is 1240. The van der Waals surface area contributed by atoms with Crippen LogP contribution in [0, 0.1) is 5.82 Å². The van der Waals surface area contributed by atoms with Crippen LogP contribution in [0.5, 0.6) is 11.5 Å². The molecule has 0 aromatic heterocycles. The van der Waals surface area contributed by atoms with E-state index in [2.05, 4.69) is 0 Å².